The molecule has 6 fully saturated rings. The van der Waals surface area contributed by atoms with Crippen LogP contribution in [0.4, 0.5) is 5.69 Å². The first-order chi connectivity index (χ1) is 15.9. The molecule has 1 unspecified atom stereocenters. The van der Waals surface area contributed by atoms with Crippen LogP contribution in [0.15, 0.2) is 28.7 Å². The molecule has 33 heavy (non-hydrogen) atoms. The Morgan fingerprint density at radius 1 is 0.909 bits per heavy atom. The normalized spacial score (nSPS) is 36.0. The predicted octanol–water partition coefficient (Wildman–Crippen LogP) is 5.46. The first kappa shape index (κ1) is 21.8. The highest BCUT2D eigenvalue weighted by molar-refractivity contribution is 9.10. The number of halogens is 1. The van der Waals surface area contributed by atoms with Gasteiger partial charge in [0.1, 0.15) is 6.04 Å². The molecule has 1 atom stereocenters. The number of carbonyl (C=O) groups excluding carboxylic acids is 3. The molecular formula is C27H33BrN2O3. The van der Waals surface area contributed by atoms with Crippen LogP contribution in [0.5, 0.6) is 0 Å². The fraction of sp³-hybridized carbons (Fsp3) is 0.667. The van der Waals surface area contributed by atoms with Crippen molar-refractivity contribution in [2.45, 2.75) is 89.1 Å². The smallest absolute Gasteiger partial charge is 0.257 e. The number of anilines is 1. The summed E-state index contributed by atoms with van der Waals surface area (Å²) in [5.41, 5.74) is 0.308. The maximum atomic E-state index is 14.5. The van der Waals surface area contributed by atoms with Gasteiger partial charge in [0, 0.05) is 10.5 Å². The molecule has 176 valence electrons. The maximum absolute atomic E-state index is 14.5. The van der Waals surface area contributed by atoms with E-state index in [1.807, 2.05) is 17.0 Å². The summed E-state index contributed by atoms with van der Waals surface area (Å²) in [6, 6.07) is 6.74. The molecule has 5 aliphatic carbocycles. The van der Waals surface area contributed by atoms with E-state index in [1.165, 1.54) is 30.6 Å². The Balaban J connectivity index is 1.33. The minimum atomic E-state index is -0.648. The van der Waals surface area contributed by atoms with Crippen LogP contribution < -0.4 is 4.90 Å². The molecule has 0 spiro atoms. The van der Waals surface area contributed by atoms with E-state index >= 15 is 0 Å². The molecule has 0 aromatic heterocycles. The standard InChI is InChI=1S/C27H33BrN2O3/c28-20-6-8-22(9-7-20)30-24(31)13-23(25(30)32)29(21-4-2-1-3-5-21)26(33)27-14-17-10-18(15-27)12-19(11-17)16-27/h6-9,17-19,21,23H,1-5,10-16H2. The van der Waals surface area contributed by atoms with E-state index in [-0.39, 0.29) is 35.6 Å². The summed E-state index contributed by atoms with van der Waals surface area (Å²) in [6.07, 6.45) is 12.2. The predicted molar refractivity (Wildman–Crippen MR) is 129 cm³/mol. The summed E-state index contributed by atoms with van der Waals surface area (Å²) in [5, 5.41) is 0. The van der Waals surface area contributed by atoms with Crippen LogP contribution in [0, 0.1) is 23.2 Å². The molecule has 1 aliphatic heterocycles. The van der Waals surface area contributed by atoms with E-state index in [2.05, 4.69) is 15.9 Å². The van der Waals surface area contributed by atoms with Crippen LogP contribution in [0.2, 0.25) is 0 Å². The van der Waals surface area contributed by atoms with Gasteiger partial charge >= 0.3 is 0 Å². The third kappa shape index (κ3) is 3.67. The Hall–Kier alpha value is -1.69. The number of rotatable bonds is 4. The second-order valence-electron chi connectivity index (χ2n) is 11.5. The van der Waals surface area contributed by atoms with Crippen molar-refractivity contribution in [2.75, 3.05) is 4.90 Å². The first-order valence-electron chi connectivity index (χ1n) is 12.9. The van der Waals surface area contributed by atoms with E-state index in [4.69, 9.17) is 0 Å². The number of carbonyl (C=O) groups is 3. The topological polar surface area (TPSA) is 57.7 Å². The minimum Gasteiger partial charge on any atom is -0.327 e. The molecule has 1 heterocycles. The number of amides is 3. The lowest BCUT2D eigenvalue weighted by Gasteiger charge is -2.57. The third-order valence-electron chi connectivity index (χ3n) is 9.24. The Kier molecular flexibility index (Phi) is 5.43. The summed E-state index contributed by atoms with van der Waals surface area (Å²) in [5.74, 6) is 1.82. The quantitative estimate of drug-likeness (QED) is 0.503. The van der Waals surface area contributed by atoms with Crippen LogP contribution in [0.1, 0.15) is 77.0 Å². The van der Waals surface area contributed by atoms with E-state index in [1.54, 1.807) is 12.1 Å². The molecule has 6 aliphatic rings. The second kappa shape index (κ2) is 8.21. The van der Waals surface area contributed by atoms with Crippen molar-refractivity contribution in [1.29, 1.82) is 0 Å². The van der Waals surface area contributed by atoms with Crippen molar-refractivity contribution in [1.82, 2.24) is 4.90 Å². The molecular weight excluding hydrogens is 480 g/mol. The number of nitrogens with zero attached hydrogens (tertiary/aromatic N) is 2. The number of imide groups is 1. The molecule has 0 radical (unpaired) electrons. The zero-order valence-corrected chi connectivity index (χ0v) is 20.8. The number of hydrogen-bond acceptors (Lipinski definition) is 3. The molecule has 7 rings (SSSR count). The van der Waals surface area contributed by atoms with Gasteiger partial charge in [-0.2, -0.15) is 0 Å². The maximum Gasteiger partial charge on any atom is 0.257 e. The Labute approximate surface area is 204 Å². The molecule has 6 heteroatoms. The Morgan fingerprint density at radius 3 is 2.06 bits per heavy atom. The van der Waals surface area contributed by atoms with E-state index in [0.717, 1.165) is 49.4 Å². The van der Waals surface area contributed by atoms with Gasteiger partial charge in [0.25, 0.3) is 5.91 Å². The SMILES string of the molecule is O=C1CC(N(C(=O)C23CC4CC(CC(C4)C2)C3)C2CCCCC2)C(=O)N1c1ccc(Br)cc1. The van der Waals surface area contributed by atoms with Crippen molar-refractivity contribution >= 4 is 39.3 Å². The summed E-state index contributed by atoms with van der Waals surface area (Å²) in [4.78, 5) is 44.6. The van der Waals surface area contributed by atoms with Crippen LogP contribution in [-0.2, 0) is 14.4 Å². The van der Waals surface area contributed by atoms with Gasteiger partial charge in [0.2, 0.25) is 11.8 Å². The average Bonchev–Trinajstić information content (AvgIpc) is 3.08. The minimum absolute atomic E-state index is 0.0888. The van der Waals surface area contributed by atoms with Gasteiger partial charge in [-0.05, 0) is 93.4 Å². The van der Waals surface area contributed by atoms with Gasteiger partial charge < -0.3 is 4.90 Å². The van der Waals surface area contributed by atoms with Crippen LogP contribution >= 0.6 is 15.9 Å². The first-order valence-corrected chi connectivity index (χ1v) is 13.7. The lowest BCUT2D eigenvalue weighted by molar-refractivity contribution is -0.165. The van der Waals surface area contributed by atoms with E-state index in [9.17, 15) is 14.4 Å². The summed E-state index contributed by atoms with van der Waals surface area (Å²) >= 11 is 3.43. The van der Waals surface area contributed by atoms with Crippen molar-refractivity contribution in [3.63, 3.8) is 0 Å². The average molecular weight is 513 g/mol. The van der Waals surface area contributed by atoms with Gasteiger partial charge in [-0.25, -0.2) is 4.90 Å². The van der Waals surface area contributed by atoms with Crippen molar-refractivity contribution < 1.29 is 14.4 Å². The van der Waals surface area contributed by atoms with Crippen molar-refractivity contribution in [3.05, 3.63) is 28.7 Å². The fourth-order valence-electron chi connectivity index (χ4n) is 8.26. The van der Waals surface area contributed by atoms with Crippen molar-refractivity contribution in [2.24, 2.45) is 23.2 Å². The highest BCUT2D eigenvalue weighted by atomic mass is 79.9. The lowest BCUT2D eigenvalue weighted by Crippen LogP contribution is -2.60. The van der Waals surface area contributed by atoms with Crippen molar-refractivity contribution in [3.8, 4) is 0 Å². The largest absolute Gasteiger partial charge is 0.327 e. The zero-order chi connectivity index (χ0) is 22.7. The monoisotopic (exact) mass is 512 g/mol. The van der Waals surface area contributed by atoms with Gasteiger partial charge in [-0.1, -0.05) is 35.2 Å². The highest BCUT2D eigenvalue weighted by Gasteiger charge is 2.58. The number of hydrogen-bond donors (Lipinski definition) is 0. The van der Waals surface area contributed by atoms with Gasteiger partial charge in [-0.3, -0.25) is 14.4 Å². The molecule has 5 nitrogen and oxygen atoms in total. The Bertz CT molecular complexity index is 933. The van der Waals surface area contributed by atoms with Gasteiger partial charge in [0.15, 0.2) is 0 Å². The summed E-state index contributed by atoms with van der Waals surface area (Å²) in [7, 11) is 0. The molecule has 1 saturated heterocycles. The number of benzene rings is 1. The molecule has 4 bridgehead atoms. The highest BCUT2D eigenvalue weighted by Crippen LogP contribution is 2.61. The zero-order valence-electron chi connectivity index (χ0n) is 19.2. The summed E-state index contributed by atoms with van der Waals surface area (Å²) in [6.45, 7) is 0. The molecule has 0 N–H and O–H groups in total. The second-order valence-corrected chi connectivity index (χ2v) is 12.4. The molecule has 1 aromatic rings. The molecule has 5 saturated carbocycles. The third-order valence-corrected chi connectivity index (χ3v) is 9.77. The molecule has 1 aromatic carbocycles. The van der Waals surface area contributed by atoms with Crippen LogP contribution in [0.25, 0.3) is 0 Å². The van der Waals surface area contributed by atoms with E-state index in [0.29, 0.717) is 23.4 Å². The lowest BCUT2D eigenvalue weighted by atomic mass is 9.49. The summed E-state index contributed by atoms with van der Waals surface area (Å²) < 4.78 is 0.905. The fourth-order valence-corrected chi connectivity index (χ4v) is 8.53. The van der Waals surface area contributed by atoms with E-state index < -0.39 is 6.04 Å². The van der Waals surface area contributed by atoms with Crippen LogP contribution in [-0.4, -0.2) is 34.7 Å². The van der Waals surface area contributed by atoms with Gasteiger partial charge in [-0.15, -0.1) is 0 Å². The molecule has 3 amide bonds. The van der Waals surface area contributed by atoms with Crippen LogP contribution in [0.3, 0.4) is 0 Å². The Morgan fingerprint density at radius 2 is 1.48 bits per heavy atom. The van der Waals surface area contributed by atoms with Gasteiger partial charge in [0.05, 0.1) is 17.5 Å².